The first-order chi connectivity index (χ1) is 15.6. The third-order valence-corrected chi connectivity index (χ3v) is 9.49. The number of furan rings is 1. The van der Waals surface area contributed by atoms with Crippen molar-refractivity contribution in [3.8, 4) is 0 Å². The van der Waals surface area contributed by atoms with Crippen LogP contribution in [0.1, 0.15) is 46.8 Å². The summed E-state index contributed by atoms with van der Waals surface area (Å²) in [4.78, 5) is 16.0. The van der Waals surface area contributed by atoms with E-state index in [0.29, 0.717) is 18.1 Å². The van der Waals surface area contributed by atoms with Crippen LogP contribution in [0.4, 0.5) is 0 Å². The molecule has 9 heteroatoms. The molecule has 0 atom stereocenters. The van der Waals surface area contributed by atoms with Crippen LogP contribution in [0.5, 0.6) is 0 Å². The Hall–Kier alpha value is -1.55. The number of para-hydroxylation sites is 1. The van der Waals surface area contributed by atoms with E-state index >= 15 is 0 Å². The van der Waals surface area contributed by atoms with Crippen LogP contribution in [0, 0.1) is 6.92 Å². The van der Waals surface area contributed by atoms with Crippen molar-refractivity contribution in [2.24, 2.45) is 0 Å². The molecule has 0 spiro atoms. The number of nitrogens with zero attached hydrogens (tertiary/aromatic N) is 3. The van der Waals surface area contributed by atoms with Gasteiger partial charge in [-0.15, -0.1) is 10.2 Å². The molecule has 2 aromatic heterocycles. The van der Waals surface area contributed by atoms with Crippen molar-refractivity contribution in [3.05, 3.63) is 40.6 Å². The molecule has 3 aromatic rings. The largest absolute Gasteiger partial charge is 0.451 e. The van der Waals surface area contributed by atoms with Gasteiger partial charge in [-0.25, -0.2) is 0 Å². The Morgan fingerprint density at radius 2 is 2.00 bits per heavy atom. The second kappa shape index (κ2) is 9.75. The van der Waals surface area contributed by atoms with E-state index in [1.165, 1.54) is 24.3 Å². The molecule has 1 aliphatic heterocycles. The maximum absolute atomic E-state index is 13.4. The summed E-state index contributed by atoms with van der Waals surface area (Å²) in [5.74, 6) is 3.32. The standard InChI is InChI=1S/C23H28N4O2S3/c1-16-25-26-22(32-16)31-14-18-17-6-2-3-7-19(17)29-20(18)21(28)24-15-23(8-4-5-9-23)27-10-12-30-13-11-27/h2-3,6-7H,4-5,8-15H2,1H3,(H,24,28). The fourth-order valence-corrected chi connectivity index (χ4v) is 7.64. The predicted octanol–water partition coefficient (Wildman–Crippen LogP) is 4.98. The highest BCUT2D eigenvalue weighted by atomic mass is 32.2. The number of amides is 1. The summed E-state index contributed by atoms with van der Waals surface area (Å²) in [5.41, 5.74) is 1.79. The number of hydrogen-bond donors (Lipinski definition) is 1. The van der Waals surface area contributed by atoms with Crippen LogP contribution in [0.15, 0.2) is 33.0 Å². The quantitative estimate of drug-likeness (QED) is 0.471. The van der Waals surface area contributed by atoms with Gasteiger partial charge in [-0.3, -0.25) is 9.69 Å². The Balaban J connectivity index is 1.35. The summed E-state index contributed by atoms with van der Waals surface area (Å²) in [5, 5.41) is 13.5. The number of carbonyl (C=O) groups is 1. The highest BCUT2D eigenvalue weighted by Gasteiger charge is 2.40. The Kier molecular flexibility index (Phi) is 6.78. The number of benzene rings is 1. The second-order valence-electron chi connectivity index (χ2n) is 8.50. The van der Waals surface area contributed by atoms with Gasteiger partial charge in [0.25, 0.3) is 5.91 Å². The van der Waals surface area contributed by atoms with Crippen molar-refractivity contribution in [3.63, 3.8) is 0 Å². The number of aryl methyl sites for hydroxylation is 1. The molecule has 32 heavy (non-hydrogen) atoms. The molecule has 1 aliphatic carbocycles. The van der Waals surface area contributed by atoms with E-state index < -0.39 is 0 Å². The number of thioether (sulfide) groups is 2. The zero-order chi connectivity index (χ0) is 22.0. The molecule has 1 saturated carbocycles. The Bertz CT molecular complexity index is 1080. The third kappa shape index (κ3) is 4.58. The molecule has 1 aromatic carbocycles. The van der Waals surface area contributed by atoms with E-state index in [4.69, 9.17) is 4.42 Å². The average molecular weight is 489 g/mol. The van der Waals surface area contributed by atoms with Crippen LogP contribution < -0.4 is 5.32 Å². The Morgan fingerprint density at radius 1 is 1.22 bits per heavy atom. The lowest BCUT2D eigenvalue weighted by Gasteiger charge is -2.43. The van der Waals surface area contributed by atoms with Crippen molar-refractivity contribution < 1.29 is 9.21 Å². The first-order valence-electron chi connectivity index (χ1n) is 11.2. The fraction of sp³-hybridized carbons (Fsp3) is 0.522. The van der Waals surface area contributed by atoms with Crippen LogP contribution >= 0.6 is 34.9 Å². The lowest BCUT2D eigenvalue weighted by molar-refractivity contribution is 0.0797. The monoisotopic (exact) mass is 488 g/mol. The van der Waals surface area contributed by atoms with Gasteiger partial charge in [0.15, 0.2) is 10.1 Å². The zero-order valence-electron chi connectivity index (χ0n) is 18.3. The van der Waals surface area contributed by atoms with E-state index in [1.54, 1.807) is 23.1 Å². The highest BCUT2D eigenvalue weighted by Crippen LogP contribution is 2.37. The van der Waals surface area contributed by atoms with Gasteiger partial charge >= 0.3 is 0 Å². The summed E-state index contributed by atoms with van der Waals surface area (Å²) < 4.78 is 6.98. The van der Waals surface area contributed by atoms with Gasteiger partial charge in [0.1, 0.15) is 10.6 Å². The highest BCUT2D eigenvalue weighted by molar-refractivity contribution is 8.00. The first kappa shape index (κ1) is 22.3. The maximum atomic E-state index is 13.4. The second-order valence-corrected chi connectivity index (χ2v) is 12.1. The molecular weight excluding hydrogens is 460 g/mol. The van der Waals surface area contributed by atoms with E-state index in [9.17, 15) is 4.79 Å². The van der Waals surface area contributed by atoms with Crippen LogP contribution in [0.25, 0.3) is 11.0 Å². The van der Waals surface area contributed by atoms with Crippen molar-refractivity contribution in [2.75, 3.05) is 31.1 Å². The van der Waals surface area contributed by atoms with Crippen molar-refractivity contribution in [1.82, 2.24) is 20.4 Å². The predicted molar refractivity (Wildman–Crippen MR) is 133 cm³/mol. The van der Waals surface area contributed by atoms with E-state index in [0.717, 1.165) is 51.8 Å². The van der Waals surface area contributed by atoms with Gasteiger partial charge in [0.05, 0.1) is 0 Å². The van der Waals surface area contributed by atoms with Gasteiger partial charge in [-0.05, 0) is 25.8 Å². The third-order valence-electron chi connectivity index (χ3n) is 6.55. The molecule has 1 N–H and O–H groups in total. The number of nitrogens with one attached hydrogen (secondary N) is 1. The zero-order valence-corrected chi connectivity index (χ0v) is 20.7. The molecular formula is C23H28N4O2S3. The van der Waals surface area contributed by atoms with Crippen molar-refractivity contribution >= 4 is 51.7 Å². The molecule has 2 fully saturated rings. The van der Waals surface area contributed by atoms with Crippen molar-refractivity contribution in [1.29, 1.82) is 0 Å². The molecule has 6 nitrogen and oxygen atoms in total. The lowest BCUT2D eigenvalue weighted by Crippen LogP contribution is -2.56. The number of fused-ring (bicyclic) bond motifs is 1. The smallest absolute Gasteiger partial charge is 0.287 e. The van der Waals surface area contributed by atoms with Crippen LogP contribution in [-0.4, -0.2) is 57.7 Å². The topological polar surface area (TPSA) is 71.3 Å². The summed E-state index contributed by atoms with van der Waals surface area (Å²) in [6.45, 7) is 4.88. The molecule has 3 heterocycles. The van der Waals surface area contributed by atoms with Gasteiger partial charge in [-0.2, -0.15) is 11.8 Å². The number of aromatic nitrogens is 2. The Labute approximate surface area is 200 Å². The molecule has 0 bridgehead atoms. The number of rotatable bonds is 7. The summed E-state index contributed by atoms with van der Waals surface area (Å²) in [6, 6.07) is 7.89. The van der Waals surface area contributed by atoms with E-state index in [1.807, 2.05) is 43.0 Å². The maximum Gasteiger partial charge on any atom is 0.287 e. The number of hydrogen-bond acceptors (Lipinski definition) is 8. The minimum absolute atomic E-state index is 0.0989. The summed E-state index contributed by atoms with van der Waals surface area (Å²) >= 11 is 5.21. The lowest BCUT2D eigenvalue weighted by atomic mass is 9.94. The molecule has 0 radical (unpaired) electrons. The van der Waals surface area contributed by atoms with Crippen LogP contribution in [-0.2, 0) is 5.75 Å². The first-order valence-corrected chi connectivity index (χ1v) is 14.1. The summed E-state index contributed by atoms with van der Waals surface area (Å²) in [6.07, 6.45) is 4.81. The van der Waals surface area contributed by atoms with Crippen LogP contribution in [0.3, 0.4) is 0 Å². The number of carbonyl (C=O) groups excluding carboxylic acids is 1. The molecule has 2 aliphatic rings. The fourth-order valence-electron chi connectivity index (χ4n) is 4.90. The summed E-state index contributed by atoms with van der Waals surface area (Å²) in [7, 11) is 0. The van der Waals surface area contributed by atoms with Gasteiger partial charge in [0.2, 0.25) is 0 Å². The molecule has 0 unspecified atom stereocenters. The Morgan fingerprint density at radius 3 is 2.75 bits per heavy atom. The SMILES string of the molecule is Cc1nnc(SCc2c(C(=O)NCC3(N4CCSCC4)CCCC3)oc3ccccc23)s1. The van der Waals surface area contributed by atoms with Crippen molar-refractivity contribution in [2.45, 2.75) is 48.2 Å². The normalized spacial score (nSPS) is 18.9. The van der Waals surface area contributed by atoms with Gasteiger partial charge < -0.3 is 9.73 Å². The van der Waals surface area contributed by atoms with Gasteiger partial charge in [-0.1, -0.05) is 54.1 Å². The van der Waals surface area contributed by atoms with Gasteiger partial charge in [0, 0.05) is 53.4 Å². The molecule has 1 saturated heterocycles. The molecule has 5 rings (SSSR count). The van der Waals surface area contributed by atoms with Crippen LogP contribution in [0.2, 0.25) is 0 Å². The molecule has 1 amide bonds. The van der Waals surface area contributed by atoms with E-state index in [2.05, 4.69) is 20.4 Å². The minimum atomic E-state index is -0.108. The molecule has 170 valence electrons. The van der Waals surface area contributed by atoms with E-state index in [-0.39, 0.29) is 11.4 Å². The minimum Gasteiger partial charge on any atom is -0.451 e. The average Bonchev–Trinajstić information content (AvgIpc) is 3.56.